The molecule has 2 rings (SSSR count). The quantitative estimate of drug-likeness (QED) is 0.867. The molecule has 1 nitrogen and oxygen atoms in total. The van der Waals surface area contributed by atoms with E-state index in [4.69, 9.17) is 0 Å². The molecule has 0 unspecified atom stereocenters. The van der Waals surface area contributed by atoms with E-state index in [1.165, 1.54) is 12.1 Å². The Bertz CT molecular complexity index is 572. The van der Waals surface area contributed by atoms with Gasteiger partial charge in [-0.2, -0.15) is 0 Å². The van der Waals surface area contributed by atoms with Gasteiger partial charge in [0, 0.05) is 28.7 Å². The third-order valence-electron chi connectivity index (χ3n) is 2.96. The number of halogens is 3. The summed E-state index contributed by atoms with van der Waals surface area (Å²) in [6.07, 6.45) is 0. The summed E-state index contributed by atoms with van der Waals surface area (Å²) in [5.74, 6) is -1.07. The summed E-state index contributed by atoms with van der Waals surface area (Å²) in [5.41, 5.74) is 1.57. The Balaban J connectivity index is 2.02. The van der Waals surface area contributed by atoms with Gasteiger partial charge in [0.1, 0.15) is 11.6 Å². The van der Waals surface area contributed by atoms with Crippen LogP contribution >= 0.6 is 15.9 Å². The van der Waals surface area contributed by atoms with Gasteiger partial charge in [0.25, 0.3) is 0 Å². The molecule has 0 aliphatic carbocycles. The van der Waals surface area contributed by atoms with E-state index in [9.17, 15) is 8.78 Å². The molecular formula is C15H14BrF2N. The highest BCUT2D eigenvalue weighted by molar-refractivity contribution is 9.10. The number of nitrogens with one attached hydrogen (secondary N) is 1. The summed E-state index contributed by atoms with van der Waals surface area (Å²) < 4.78 is 27.3. The Morgan fingerprint density at radius 2 is 1.95 bits per heavy atom. The average molecular weight is 326 g/mol. The molecule has 0 bridgehead atoms. The molecule has 0 aliphatic rings. The molecule has 0 aromatic heterocycles. The zero-order valence-corrected chi connectivity index (χ0v) is 12.0. The number of benzene rings is 2. The molecule has 0 spiro atoms. The smallest absolute Gasteiger partial charge is 0.130 e. The third-order valence-corrected chi connectivity index (χ3v) is 3.46. The summed E-state index contributed by atoms with van der Waals surface area (Å²) in [6.45, 7) is 2.36. The van der Waals surface area contributed by atoms with Crippen molar-refractivity contribution in [2.75, 3.05) is 0 Å². The fraction of sp³-hybridized carbons (Fsp3) is 0.200. The van der Waals surface area contributed by atoms with Crippen LogP contribution in [-0.2, 0) is 6.54 Å². The summed E-state index contributed by atoms with van der Waals surface area (Å²) in [4.78, 5) is 0. The van der Waals surface area contributed by atoms with Crippen LogP contribution in [0.3, 0.4) is 0 Å². The molecule has 4 heteroatoms. The van der Waals surface area contributed by atoms with Crippen molar-refractivity contribution in [3.8, 4) is 0 Å². The standard InChI is InChI=1S/C15H14BrF2N/c1-10(11-3-2-4-13(16)7-11)19-9-12-5-6-14(17)8-15(12)18/h2-8,10,19H,9H2,1H3/t10-/m0/s1. The zero-order chi connectivity index (χ0) is 13.8. The van der Waals surface area contributed by atoms with Gasteiger partial charge in [-0.1, -0.05) is 34.1 Å². The predicted molar refractivity (Wildman–Crippen MR) is 75.8 cm³/mol. The van der Waals surface area contributed by atoms with Gasteiger partial charge in [0.05, 0.1) is 0 Å². The normalized spacial score (nSPS) is 12.4. The number of rotatable bonds is 4. The maximum absolute atomic E-state index is 13.5. The second kappa shape index (κ2) is 6.26. The Hall–Kier alpha value is -1.26. The molecular weight excluding hydrogens is 312 g/mol. The molecule has 0 aliphatic heterocycles. The molecule has 2 aromatic carbocycles. The topological polar surface area (TPSA) is 12.0 Å². The first-order valence-electron chi connectivity index (χ1n) is 5.99. The van der Waals surface area contributed by atoms with E-state index in [0.717, 1.165) is 16.1 Å². The first-order chi connectivity index (χ1) is 9.06. The monoisotopic (exact) mass is 325 g/mol. The van der Waals surface area contributed by atoms with Crippen molar-refractivity contribution < 1.29 is 8.78 Å². The molecule has 2 aromatic rings. The van der Waals surface area contributed by atoms with Crippen LogP contribution in [0, 0.1) is 11.6 Å². The van der Waals surface area contributed by atoms with Crippen molar-refractivity contribution >= 4 is 15.9 Å². The van der Waals surface area contributed by atoms with Gasteiger partial charge in [-0.15, -0.1) is 0 Å². The molecule has 0 saturated carbocycles. The van der Waals surface area contributed by atoms with Crippen LogP contribution < -0.4 is 5.32 Å². The van der Waals surface area contributed by atoms with Gasteiger partial charge in [0.15, 0.2) is 0 Å². The molecule has 0 fully saturated rings. The first kappa shape index (κ1) is 14.2. The van der Waals surface area contributed by atoms with E-state index in [1.807, 2.05) is 31.2 Å². The van der Waals surface area contributed by atoms with E-state index in [1.54, 1.807) is 0 Å². The lowest BCUT2D eigenvalue weighted by Crippen LogP contribution is -2.18. The van der Waals surface area contributed by atoms with Crippen molar-refractivity contribution in [1.29, 1.82) is 0 Å². The highest BCUT2D eigenvalue weighted by Crippen LogP contribution is 2.18. The van der Waals surface area contributed by atoms with E-state index in [0.29, 0.717) is 12.1 Å². The van der Waals surface area contributed by atoms with Crippen molar-refractivity contribution in [2.24, 2.45) is 0 Å². The van der Waals surface area contributed by atoms with Gasteiger partial charge in [-0.05, 0) is 30.7 Å². The van der Waals surface area contributed by atoms with Crippen molar-refractivity contribution in [3.05, 3.63) is 69.7 Å². The largest absolute Gasteiger partial charge is 0.306 e. The van der Waals surface area contributed by atoms with Crippen LogP contribution in [0.25, 0.3) is 0 Å². The third kappa shape index (κ3) is 3.85. The maximum Gasteiger partial charge on any atom is 0.130 e. The van der Waals surface area contributed by atoms with Gasteiger partial charge < -0.3 is 5.32 Å². The zero-order valence-electron chi connectivity index (χ0n) is 10.5. The second-order valence-corrected chi connectivity index (χ2v) is 5.31. The molecule has 0 heterocycles. The average Bonchev–Trinajstić information content (AvgIpc) is 2.37. The lowest BCUT2D eigenvalue weighted by Gasteiger charge is -2.15. The van der Waals surface area contributed by atoms with Crippen molar-refractivity contribution in [1.82, 2.24) is 5.32 Å². The highest BCUT2D eigenvalue weighted by atomic mass is 79.9. The van der Waals surface area contributed by atoms with Gasteiger partial charge in [-0.3, -0.25) is 0 Å². The number of hydrogen-bond acceptors (Lipinski definition) is 1. The fourth-order valence-corrected chi connectivity index (χ4v) is 2.24. The highest BCUT2D eigenvalue weighted by Gasteiger charge is 2.08. The molecule has 100 valence electrons. The van der Waals surface area contributed by atoms with Gasteiger partial charge in [0.2, 0.25) is 0 Å². The van der Waals surface area contributed by atoms with Crippen LogP contribution in [0.1, 0.15) is 24.1 Å². The Kier molecular flexibility index (Phi) is 4.66. The maximum atomic E-state index is 13.5. The fourth-order valence-electron chi connectivity index (χ4n) is 1.82. The minimum atomic E-state index is -0.554. The van der Waals surface area contributed by atoms with Crippen molar-refractivity contribution in [3.63, 3.8) is 0 Å². The summed E-state index contributed by atoms with van der Waals surface area (Å²) >= 11 is 3.42. The summed E-state index contributed by atoms with van der Waals surface area (Å²) in [6, 6.07) is 11.6. The number of hydrogen-bond donors (Lipinski definition) is 1. The lowest BCUT2D eigenvalue weighted by molar-refractivity contribution is 0.533. The Labute approximate surface area is 119 Å². The molecule has 1 atom stereocenters. The van der Waals surface area contributed by atoms with Crippen LogP contribution in [0.5, 0.6) is 0 Å². The SMILES string of the molecule is C[C@H](NCc1ccc(F)cc1F)c1cccc(Br)c1. The summed E-state index contributed by atoms with van der Waals surface area (Å²) in [7, 11) is 0. The molecule has 19 heavy (non-hydrogen) atoms. The lowest BCUT2D eigenvalue weighted by atomic mass is 10.1. The van der Waals surface area contributed by atoms with Gasteiger partial charge in [-0.25, -0.2) is 8.78 Å². The second-order valence-electron chi connectivity index (χ2n) is 4.39. The Morgan fingerprint density at radius 1 is 1.16 bits per heavy atom. The first-order valence-corrected chi connectivity index (χ1v) is 6.78. The molecule has 1 N–H and O–H groups in total. The van der Waals surface area contributed by atoms with E-state index in [-0.39, 0.29) is 6.04 Å². The van der Waals surface area contributed by atoms with Crippen LogP contribution in [-0.4, -0.2) is 0 Å². The van der Waals surface area contributed by atoms with E-state index >= 15 is 0 Å². The Morgan fingerprint density at radius 3 is 2.63 bits per heavy atom. The molecule has 0 saturated heterocycles. The van der Waals surface area contributed by atoms with Crippen LogP contribution in [0.2, 0.25) is 0 Å². The van der Waals surface area contributed by atoms with Crippen molar-refractivity contribution in [2.45, 2.75) is 19.5 Å². The van der Waals surface area contributed by atoms with Crippen LogP contribution in [0.15, 0.2) is 46.9 Å². The minimum Gasteiger partial charge on any atom is -0.306 e. The minimum absolute atomic E-state index is 0.0851. The van der Waals surface area contributed by atoms with Crippen LogP contribution in [0.4, 0.5) is 8.78 Å². The van der Waals surface area contributed by atoms with E-state index in [2.05, 4.69) is 21.2 Å². The van der Waals surface area contributed by atoms with Gasteiger partial charge >= 0.3 is 0 Å². The predicted octanol–water partition coefficient (Wildman–Crippen LogP) is 4.58. The molecule has 0 amide bonds. The van der Waals surface area contributed by atoms with E-state index < -0.39 is 11.6 Å². The molecule has 0 radical (unpaired) electrons. The summed E-state index contributed by atoms with van der Waals surface area (Å²) in [5, 5.41) is 3.22.